The van der Waals surface area contributed by atoms with Crippen molar-refractivity contribution in [2.24, 2.45) is 0 Å². The summed E-state index contributed by atoms with van der Waals surface area (Å²) in [6, 6.07) is 9.85. The summed E-state index contributed by atoms with van der Waals surface area (Å²) in [4.78, 5) is 19.1. The fourth-order valence-corrected chi connectivity index (χ4v) is 4.42. The number of methoxy groups -OCH3 is 2. The standard InChI is InChI=1S/C21H23N3O3S/c1-26-16-6-5-14(11-17(16)27-2)13-23-19-12-15-18(28-19)7-8-22-20(15)21(25)24-9-3-4-10-24/h5-8,11-12,23H,3-4,9-10,13H2,1-2H3. The number of thiophene rings is 1. The van der Waals surface area contributed by atoms with Crippen molar-refractivity contribution in [3.63, 3.8) is 0 Å². The molecule has 1 saturated heterocycles. The number of hydrogen-bond donors (Lipinski definition) is 1. The molecule has 3 heterocycles. The Balaban J connectivity index is 1.54. The van der Waals surface area contributed by atoms with Gasteiger partial charge in [-0.1, -0.05) is 6.07 Å². The van der Waals surface area contributed by atoms with Crippen LogP contribution in [0.3, 0.4) is 0 Å². The molecule has 1 amide bonds. The Labute approximate surface area is 168 Å². The number of amides is 1. The highest BCUT2D eigenvalue weighted by molar-refractivity contribution is 7.22. The molecule has 1 aromatic carbocycles. The van der Waals surface area contributed by atoms with Gasteiger partial charge in [-0.15, -0.1) is 11.3 Å². The predicted molar refractivity (Wildman–Crippen MR) is 112 cm³/mol. The molecule has 1 aliphatic heterocycles. The van der Waals surface area contributed by atoms with Crippen LogP contribution in [0.5, 0.6) is 11.5 Å². The summed E-state index contributed by atoms with van der Waals surface area (Å²) in [7, 11) is 3.26. The van der Waals surface area contributed by atoms with Crippen molar-refractivity contribution < 1.29 is 14.3 Å². The number of nitrogens with zero attached hydrogens (tertiary/aromatic N) is 2. The van der Waals surface area contributed by atoms with Crippen LogP contribution in [0.1, 0.15) is 28.9 Å². The fourth-order valence-electron chi connectivity index (χ4n) is 3.47. The maximum Gasteiger partial charge on any atom is 0.273 e. The first kappa shape index (κ1) is 18.6. The molecular formula is C21H23N3O3S. The molecule has 0 atom stereocenters. The van der Waals surface area contributed by atoms with Gasteiger partial charge in [0, 0.05) is 35.9 Å². The van der Waals surface area contributed by atoms with Gasteiger partial charge in [-0.05, 0) is 42.7 Å². The predicted octanol–water partition coefficient (Wildman–Crippen LogP) is 4.16. The number of aromatic nitrogens is 1. The molecule has 1 N–H and O–H groups in total. The molecule has 0 bridgehead atoms. The van der Waals surface area contributed by atoms with E-state index in [9.17, 15) is 4.79 Å². The molecule has 7 heteroatoms. The molecule has 3 aromatic rings. The average molecular weight is 398 g/mol. The molecule has 4 rings (SSSR count). The minimum atomic E-state index is 0.0346. The first-order chi connectivity index (χ1) is 13.7. The number of anilines is 1. The Bertz CT molecular complexity index is 996. The average Bonchev–Trinajstić information content (AvgIpc) is 3.40. The Morgan fingerprint density at radius 1 is 1.14 bits per heavy atom. The number of hydrogen-bond acceptors (Lipinski definition) is 6. The van der Waals surface area contributed by atoms with Crippen LogP contribution in [-0.4, -0.2) is 43.1 Å². The molecule has 6 nitrogen and oxygen atoms in total. The minimum Gasteiger partial charge on any atom is -0.493 e. The van der Waals surface area contributed by atoms with Crippen molar-refractivity contribution in [2.45, 2.75) is 19.4 Å². The maximum atomic E-state index is 12.8. The second-order valence-electron chi connectivity index (χ2n) is 6.72. The quantitative estimate of drug-likeness (QED) is 0.677. The van der Waals surface area contributed by atoms with Crippen LogP contribution in [-0.2, 0) is 6.54 Å². The SMILES string of the molecule is COc1ccc(CNc2cc3c(C(=O)N4CCCC4)nccc3s2)cc1OC. The van der Waals surface area contributed by atoms with Gasteiger partial charge >= 0.3 is 0 Å². The van der Waals surface area contributed by atoms with Crippen LogP contribution < -0.4 is 14.8 Å². The van der Waals surface area contributed by atoms with Crippen molar-refractivity contribution in [1.82, 2.24) is 9.88 Å². The zero-order valence-corrected chi connectivity index (χ0v) is 16.8. The van der Waals surface area contributed by atoms with Crippen molar-refractivity contribution in [2.75, 3.05) is 32.6 Å². The van der Waals surface area contributed by atoms with E-state index in [1.165, 1.54) is 0 Å². The highest BCUT2D eigenvalue weighted by atomic mass is 32.1. The molecule has 0 saturated carbocycles. The smallest absolute Gasteiger partial charge is 0.273 e. The second-order valence-corrected chi connectivity index (χ2v) is 7.81. The van der Waals surface area contributed by atoms with Crippen LogP contribution in [0.4, 0.5) is 5.00 Å². The van der Waals surface area contributed by atoms with Gasteiger partial charge < -0.3 is 19.7 Å². The van der Waals surface area contributed by atoms with Gasteiger partial charge in [0.25, 0.3) is 5.91 Å². The first-order valence-electron chi connectivity index (χ1n) is 9.32. The highest BCUT2D eigenvalue weighted by Crippen LogP contribution is 2.33. The minimum absolute atomic E-state index is 0.0346. The number of nitrogens with one attached hydrogen (secondary N) is 1. The second kappa shape index (κ2) is 8.06. The lowest BCUT2D eigenvalue weighted by Gasteiger charge is -2.14. The van der Waals surface area contributed by atoms with Crippen LogP contribution >= 0.6 is 11.3 Å². The van der Waals surface area contributed by atoms with Gasteiger partial charge in [-0.3, -0.25) is 9.78 Å². The third-order valence-electron chi connectivity index (χ3n) is 4.96. The summed E-state index contributed by atoms with van der Waals surface area (Å²) < 4.78 is 11.7. The molecular weight excluding hydrogens is 374 g/mol. The monoisotopic (exact) mass is 397 g/mol. The summed E-state index contributed by atoms with van der Waals surface area (Å²) in [5.41, 5.74) is 1.64. The third-order valence-corrected chi connectivity index (χ3v) is 6.01. The van der Waals surface area contributed by atoms with Crippen molar-refractivity contribution >= 4 is 32.3 Å². The van der Waals surface area contributed by atoms with E-state index in [1.54, 1.807) is 31.8 Å². The molecule has 146 valence electrons. The number of ether oxygens (including phenoxy) is 2. The van der Waals surface area contributed by atoms with Gasteiger partial charge in [0.2, 0.25) is 0 Å². The highest BCUT2D eigenvalue weighted by Gasteiger charge is 2.23. The Morgan fingerprint density at radius 2 is 1.93 bits per heavy atom. The lowest BCUT2D eigenvalue weighted by atomic mass is 10.2. The van der Waals surface area contributed by atoms with E-state index < -0.39 is 0 Å². The van der Waals surface area contributed by atoms with Gasteiger partial charge in [0.1, 0.15) is 5.69 Å². The number of fused-ring (bicyclic) bond motifs is 1. The number of rotatable bonds is 6. The fraction of sp³-hybridized carbons (Fsp3) is 0.333. The first-order valence-corrected chi connectivity index (χ1v) is 10.1. The molecule has 1 aliphatic rings. The van der Waals surface area contributed by atoms with E-state index in [0.717, 1.165) is 46.6 Å². The van der Waals surface area contributed by atoms with E-state index in [2.05, 4.69) is 10.3 Å². The molecule has 28 heavy (non-hydrogen) atoms. The van der Waals surface area contributed by atoms with Crippen LogP contribution in [0.2, 0.25) is 0 Å². The van der Waals surface area contributed by atoms with E-state index in [1.807, 2.05) is 35.2 Å². The van der Waals surface area contributed by atoms with Crippen molar-refractivity contribution in [3.8, 4) is 11.5 Å². The Kier molecular flexibility index (Phi) is 5.34. The molecule has 1 fully saturated rings. The zero-order valence-electron chi connectivity index (χ0n) is 16.0. The normalized spacial score (nSPS) is 13.7. The summed E-state index contributed by atoms with van der Waals surface area (Å²) in [5, 5.41) is 5.37. The van der Waals surface area contributed by atoms with E-state index >= 15 is 0 Å². The number of likely N-dealkylation sites (tertiary alicyclic amines) is 1. The number of carbonyl (C=O) groups is 1. The Morgan fingerprint density at radius 3 is 2.68 bits per heavy atom. The van der Waals surface area contributed by atoms with Gasteiger partial charge in [0.15, 0.2) is 11.5 Å². The van der Waals surface area contributed by atoms with Gasteiger partial charge in [0.05, 0.1) is 19.2 Å². The van der Waals surface area contributed by atoms with Crippen molar-refractivity contribution in [3.05, 3.63) is 47.8 Å². The topological polar surface area (TPSA) is 63.7 Å². The summed E-state index contributed by atoms with van der Waals surface area (Å²) >= 11 is 1.63. The molecule has 0 spiro atoms. The molecule has 0 radical (unpaired) electrons. The lowest BCUT2D eigenvalue weighted by Crippen LogP contribution is -2.28. The van der Waals surface area contributed by atoms with Crippen LogP contribution in [0.25, 0.3) is 10.1 Å². The van der Waals surface area contributed by atoms with E-state index in [-0.39, 0.29) is 5.91 Å². The van der Waals surface area contributed by atoms with Gasteiger partial charge in [-0.25, -0.2) is 0 Å². The number of benzene rings is 1. The maximum absolute atomic E-state index is 12.8. The number of carbonyl (C=O) groups excluding carboxylic acids is 1. The van der Waals surface area contributed by atoms with Crippen molar-refractivity contribution in [1.29, 1.82) is 0 Å². The molecule has 0 aliphatic carbocycles. The largest absolute Gasteiger partial charge is 0.493 e. The van der Waals surface area contributed by atoms with Crippen LogP contribution in [0, 0.1) is 0 Å². The van der Waals surface area contributed by atoms with E-state index in [0.29, 0.717) is 23.7 Å². The van der Waals surface area contributed by atoms with Gasteiger partial charge in [-0.2, -0.15) is 0 Å². The third kappa shape index (κ3) is 3.62. The Hall–Kier alpha value is -2.80. The summed E-state index contributed by atoms with van der Waals surface area (Å²) in [6.07, 6.45) is 3.87. The van der Waals surface area contributed by atoms with E-state index in [4.69, 9.17) is 9.47 Å². The number of pyridine rings is 1. The zero-order chi connectivity index (χ0) is 19.5. The summed E-state index contributed by atoms with van der Waals surface area (Å²) in [5.74, 6) is 1.46. The molecule has 0 unspecified atom stereocenters. The summed E-state index contributed by atoms with van der Waals surface area (Å²) in [6.45, 7) is 2.30. The van der Waals surface area contributed by atoms with Crippen LogP contribution in [0.15, 0.2) is 36.5 Å². The molecule has 2 aromatic heterocycles. The lowest BCUT2D eigenvalue weighted by molar-refractivity contribution is 0.0789.